The first kappa shape index (κ1) is 13.5. The van der Waals surface area contributed by atoms with Crippen molar-refractivity contribution in [1.82, 2.24) is 10.4 Å². The fourth-order valence-corrected chi connectivity index (χ4v) is 1.65. The summed E-state index contributed by atoms with van der Waals surface area (Å²) >= 11 is 0. The van der Waals surface area contributed by atoms with Crippen LogP contribution in [0.1, 0.15) is 27.7 Å². The number of benzene rings is 1. The molecule has 4 heteroatoms. The minimum Gasteiger partial charge on any atom is -0.307 e. The van der Waals surface area contributed by atoms with Gasteiger partial charge in [0.25, 0.3) is 0 Å². The van der Waals surface area contributed by atoms with Crippen LogP contribution in [-0.4, -0.2) is 23.1 Å². The Kier molecular flexibility index (Phi) is 4.97. The summed E-state index contributed by atoms with van der Waals surface area (Å²) in [6.45, 7) is 8.18. The van der Waals surface area contributed by atoms with E-state index in [9.17, 15) is 4.79 Å². The number of anilines is 1. The summed E-state index contributed by atoms with van der Waals surface area (Å²) in [6, 6.07) is 9.71. The topological polar surface area (TPSA) is 44.4 Å². The molecule has 4 nitrogen and oxygen atoms in total. The highest BCUT2D eigenvalue weighted by Crippen LogP contribution is 2.05. The Labute approximate surface area is 103 Å². The Hall–Kier alpha value is -1.55. The highest BCUT2D eigenvalue weighted by molar-refractivity contribution is 5.88. The minimum atomic E-state index is -0.210. The van der Waals surface area contributed by atoms with E-state index in [0.717, 1.165) is 5.69 Å². The first-order valence-corrected chi connectivity index (χ1v) is 5.91. The molecule has 94 valence electrons. The summed E-state index contributed by atoms with van der Waals surface area (Å²) in [4.78, 5) is 11.8. The molecule has 0 unspecified atom stereocenters. The smallest absolute Gasteiger partial charge is 0.307 e. The van der Waals surface area contributed by atoms with Crippen LogP contribution in [0.5, 0.6) is 0 Å². The molecule has 0 aliphatic heterocycles. The number of nitrogens with zero attached hydrogens (tertiary/aromatic N) is 1. The van der Waals surface area contributed by atoms with Crippen molar-refractivity contribution in [2.75, 3.05) is 5.32 Å². The van der Waals surface area contributed by atoms with Gasteiger partial charge in [0.05, 0.1) is 0 Å². The van der Waals surface area contributed by atoms with Gasteiger partial charge in [0.1, 0.15) is 0 Å². The van der Waals surface area contributed by atoms with Crippen molar-refractivity contribution in [2.45, 2.75) is 39.8 Å². The summed E-state index contributed by atoms with van der Waals surface area (Å²) in [5.74, 6) is 0. The maximum atomic E-state index is 11.8. The number of urea groups is 1. The van der Waals surface area contributed by atoms with Crippen LogP contribution in [-0.2, 0) is 0 Å². The summed E-state index contributed by atoms with van der Waals surface area (Å²) in [6.07, 6.45) is 0. The number of rotatable bonds is 4. The zero-order valence-corrected chi connectivity index (χ0v) is 10.9. The number of carbonyl (C=O) groups is 1. The highest BCUT2D eigenvalue weighted by Gasteiger charge is 2.15. The molecule has 0 spiro atoms. The third kappa shape index (κ3) is 4.44. The number of hydrogen-bond donors (Lipinski definition) is 2. The van der Waals surface area contributed by atoms with Crippen molar-refractivity contribution >= 4 is 11.7 Å². The van der Waals surface area contributed by atoms with E-state index in [1.807, 2.05) is 63.0 Å². The number of amides is 2. The highest BCUT2D eigenvalue weighted by atomic mass is 16.2. The molecule has 0 saturated carbocycles. The van der Waals surface area contributed by atoms with E-state index in [1.54, 1.807) is 0 Å². The second-order valence-corrected chi connectivity index (χ2v) is 4.53. The van der Waals surface area contributed by atoms with Crippen LogP contribution in [0.3, 0.4) is 0 Å². The third-order valence-corrected chi connectivity index (χ3v) is 2.37. The predicted molar refractivity (Wildman–Crippen MR) is 70.7 cm³/mol. The zero-order chi connectivity index (χ0) is 12.8. The van der Waals surface area contributed by atoms with Gasteiger partial charge >= 0.3 is 6.03 Å². The first-order valence-electron chi connectivity index (χ1n) is 5.91. The van der Waals surface area contributed by atoms with Crippen LogP contribution >= 0.6 is 0 Å². The lowest BCUT2D eigenvalue weighted by Crippen LogP contribution is -2.51. The molecule has 0 fully saturated rings. The van der Waals surface area contributed by atoms with E-state index in [2.05, 4.69) is 10.7 Å². The van der Waals surface area contributed by atoms with Gasteiger partial charge in [-0.1, -0.05) is 18.2 Å². The van der Waals surface area contributed by atoms with E-state index < -0.39 is 0 Å². The molecule has 17 heavy (non-hydrogen) atoms. The molecule has 1 aromatic carbocycles. The lowest BCUT2D eigenvalue weighted by molar-refractivity contribution is 0.118. The molecule has 1 aromatic rings. The third-order valence-electron chi connectivity index (χ3n) is 2.37. The van der Waals surface area contributed by atoms with Gasteiger partial charge in [-0.3, -0.25) is 5.43 Å². The molecule has 0 aliphatic rings. The molecule has 2 amide bonds. The van der Waals surface area contributed by atoms with Crippen LogP contribution in [0.4, 0.5) is 10.5 Å². The molecule has 2 N–H and O–H groups in total. The van der Waals surface area contributed by atoms with E-state index in [0.29, 0.717) is 0 Å². The molecule has 1 rings (SSSR count). The van der Waals surface area contributed by atoms with E-state index in [4.69, 9.17) is 0 Å². The zero-order valence-electron chi connectivity index (χ0n) is 10.9. The van der Waals surface area contributed by atoms with Gasteiger partial charge in [-0.15, -0.1) is 0 Å². The van der Waals surface area contributed by atoms with Crippen molar-refractivity contribution in [3.8, 4) is 0 Å². The van der Waals surface area contributed by atoms with Crippen molar-refractivity contribution in [3.63, 3.8) is 0 Å². The molecule has 0 aliphatic carbocycles. The Morgan fingerprint density at radius 2 is 1.59 bits per heavy atom. The Bertz CT molecular complexity index is 341. The van der Waals surface area contributed by atoms with Crippen LogP contribution < -0.4 is 10.7 Å². The lowest BCUT2D eigenvalue weighted by Gasteiger charge is -2.30. The average Bonchev–Trinajstić information content (AvgIpc) is 2.26. The first-order chi connectivity index (χ1) is 8.00. The number of hydrazine groups is 1. The molecule has 0 atom stereocenters. The molecular weight excluding hydrogens is 214 g/mol. The second-order valence-electron chi connectivity index (χ2n) is 4.53. The lowest BCUT2D eigenvalue weighted by atomic mass is 10.3. The van der Waals surface area contributed by atoms with Crippen molar-refractivity contribution < 1.29 is 4.79 Å². The number of hydrogen-bond acceptors (Lipinski definition) is 2. The van der Waals surface area contributed by atoms with E-state index >= 15 is 0 Å². The maximum absolute atomic E-state index is 11.8. The average molecular weight is 235 g/mol. The van der Waals surface area contributed by atoms with Gasteiger partial charge < -0.3 is 5.32 Å². The standard InChI is InChI=1S/C13H21N3O/c1-10(2)16(11(3)4)15-13(17)14-12-8-6-5-7-9-12/h5-11H,1-4H3,(H2,14,15,17). The van der Waals surface area contributed by atoms with Gasteiger partial charge in [-0.2, -0.15) is 0 Å². The van der Waals surface area contributed by atoms with Crippen molar-refractivity contribution in [2.24, 2.45) is 0 Å². The van der Waals surface area contributed by atoms with Crippen LogP contribution in [0.2, 0.25) is 0 Å². The number of nitrogens with one attached hydrogen (secondary N) is 2. The van der Waals surface area contributed by atoms with Gasteiger partial charge in [0.2, 0.25) is 0 Å². The normalized spacial score (nSPS) is 11.0. The quantitative estimate of drug-likeness (QED) is 0.788. The molecule has 0 radical (unpaired) electrons. The second kappa shape index (κ2) is 6.25. The maximum Gasteiger partial charge on any atom is 0.333 e. The molecular formula is C13H21N3O. The van der Waals surface area contributed by atoms with E-state index in [-0.39, 0.29) is 18.1 Å². The SMILES string of the molecule is CC(C)N(NC(=O)Nc1ccccc1)C(C)C. The number of para-hydroxylation sites is 1. The Morgan fingerprint density at radius 1 is 1.06 bits per heavy atom. The molecule has 0 saturated heterocycles. The van der Waals surface area contributed by atoms with Crippen molar-refractivity contribution in [1.29, 1.82) is 0 Å². The largest absolute Gasteiger partial charge is 0.333 e. The van der Waals surface area contributed by atoms with E-state index in [1.165, 1.54) is 0 Å². The van der Waals surface area contributed by atoms with Crippen LogP contribution in [0, 0.1) is 0 Å². The fourth-order valence-electron chi connectivity index (χ4n) is 1.65. The van der Waals surface area contributed by atoms with Gasteiger partial charge in [-0.25, -0.2) is 9.80 Å². The predicted octanol–water partition coefficient (Wildman–Crippen LogP) is 2.84. The molecule has 0 bridgehead atoms. The van der Waals surface area contributed by atoms with Crippen molar-refractivity contribution in [3.05, 3.63) is 30.3 Å². The molecule has 0 aromatic heterocycles. The monoisotopic (exact) mass is 235 g/mol. The summed E-state index contributed by atoms with van der Waals surface area (Å²) in [5, 5.41) is 4.71. The van der Waals surface area contributed by atoms with Crippen LogP contribution in [0.15, 0.2) is 30.3 Å². The number of carbonyl (C=O) groups excluding carboxylic acids is 1. The Balaban J connectivity index is 2.54. The summed E-state index contributed by atoms with van der Waals surface area (Å²) < 4.78 is 0. The minimum absolute atomic E-state index is 0.210. The summed E-state index contributed by atoms with van der Waals surface area (Å²) in [5.41, 5.74) is 3.64. The summed E-state index contributed by atoms with van der Waals surface area (Å²) in [7, 11) is 0. The Morgan fingerprint density at radius 3 is 2.06 bits per heavy atom. The van der Waals surface area contributed by atoms with Gasteiger partial charge in [0, 0.05) is 17.8 Å². The van der Waals surface area contributed by atoms with Crippen LogP contribution in [0.25, 0.3) is 0 Å². The van der Waals surface area contributed by atoms with Gasteiger partial charge in [0.15, 0.2) is 0 Å². The fraction of sp³-hybridized carbons (Fsp3) is 0.462. The van der Waals surface area contributed by atoms with Gasteiger partial charge in [-0.05, 0) is 39.8 Å². The molecule has 0 heterocycles.